The molecular formula is C38H74O12. The van der Waals surface area contributed by atoms with Crippen LogP contribution in [0.3, 0.4) is 0 Å². The number of carbonyl (C=O) groups is 1. The van der Waals surface area contributed by atoms with Gasteiger partial charge in [-0.2, -0.15) is 0 Å². The second-order valence-corrected chi connectivity index (χ2v) is 11.9. The van der Waals surface area contributed by atoms with Crippen molar-refractivity contribution in [3.05, 3.63) is 12.2 Å². The van der Waals surface area contributed by atoms with Crippen molar-refractivity contribution in [2.24, 2.45) is 0 Å². The molecule has 0 saturated heterocycles. The second-order valence-electron chi connectivity index (χ2n) is 11.9. The van der Waals surface area contributed by atoms with Crippen molar-refractivity contribution in [3.8, 4) is 0 Å². The Labute approximate surface area is 304 Å². The van der Waals surface area contributed by atoms with Gasteiger partial charge in [0.1, 0.15) is 6.61 Å². The van der Waals surface area contributed by atoms with Crippen molar-refractivity contribution >= 4 is 5.97 Å². The number of ether oxygens (including phenoxy) is 10. The van der Waals surface area contributed by atoms with Gasteiger partial charge < -0.3 is 52.5 Å². The van der Waals surface area contributed by atoms with Gasteiger partial charge >= 0.3 is 5.97 Å². The maximum Gasteiger partial charge on any atom is 0.329 e. The summed E-state index contributed by atoms with van der Waals surface area (Å²) in [6.45, 7) is 11.6. The first-order valence-electron chi connectivity index (χ1n) is 19.4. The van der Waals surface area contributed by atoms with Crippen LogP contribution >= 0.6 is 0 Å². The lowest BCUT2D eigenvalue weighted by molar-refractivity contribution is -0.142. The molecule has 0 unspecified atom stereocenters. The zero-order valence-electron chi connectivity index (χ0n) is 31.6. The molecule has 0 radical (unpaired) electrons. The predicted octanol–water partition coefficient (Wildman–Crippen LogP) is 6.27. The summed E-state index contributed by atoms with van der Waals surface area (Å²) in [5.74, 6) is -0.991. The van der Waals surface area contributed by atoms with Crippen LogP contribution in [-0.2, 0) is 52.2 Å². The van der Waals surface area contributed by atoms with E-state index in [0.717, 1.165) is 13.0 Å². The highest BCUT2D eigenvalue weighted by molar-refractivity contribution is 5.67. The minimum absolute atomic E-state index is 0.246. The summed E-state index contributed by atoms with van der Waals surface area (Å²) in [7, 11) is 0. The number of hydrogen-bond acceptors (Lipinski definition) is 11. The van der Waals surface area contributed by atoms with Gasteiger partial charge in [0.05, 0.1) is 119 Å². The van der Waals surface area contributed by atoms with Crippen LogP contribution in [0.25, 0.3) is 0 Å². The van der Waals surface area contributed by atoms with E-state index >= 15 is 0 Å². The Hall–Kier alpha value is -1.19. The average Bonchev–Trinajstić information content (AvgIpc) is 3.11. The molecular weight excluding hydrogens is 648 g/mol. The highest BCUT2D eigenvalue weighted by atomic mass is 16.6. The van der Waals surface area contributed by atoms with E-state index in [1.165, 1.54) is 83.5 Å². The van der Waals surface area contributed by atoms with Crippen LogP contribution in [0.15, 0.2) is 12.2 Å². The van der Waals surface area contributed by atoms with Gasteiger partial charge in [0.15, 0.2) is 0 Å². The maximum absolute atomic E-state index is 10.3. The van der Waals surface area contributed by atoms with Crippen molar-refractivity contribution in [3.63, 3.8) is 0 Å². The topological polar surface area (TPSA) is 130 Å². The molecule has 298 valence electrons. The van der Waals surface area contributed by atoms with Gasteiger partial charge in [0.25, 0.3) is 0 Å². The zero-order chi connectivity index (χ0) is 36.1. The Balaban J connectivity index is 3.07. The lowest BCUT2D eigenvalue weighted by Crippen LogP contribution is -2.15. The summed E-state index contributed by atoms with van der Waals surface area (Å²) in [5.41, 5.74) is 0. The van der Waals surface area contributed by atoms with Crippen molar-refractivity contribution in [2.75, 3.05) is 132 Å². The Kier molecular flexibility index (Phi) is 44.7. The minimum atomic E-state index is -0.991. The largest absolute Gasteiger partial charge is 0.480 e. The Morgan fingerprint density at radius 2 is 0.620 bits per heavy atom. The van der Waals surface area contributed by atoms with E-state index in [9.17, 15) is 4.79 Å². The van der Waals surface area contributed by atoms with Crippen molar-refractivity contribution in [1.29, 1.82) is 0 Å². The van der Waals surface area contributed by atoms with Crippen LogP contribution < -0.4 is 0 Å². The van der Waals surface area contributed by atoms with E-state index < -0.39 is 5.97 Å². The molecule has 50 heavy (non-hydrogen) atoms. The minimum Gasteiger partial charge on any atom is -0.480 e. The third kappa shape index (κ3) is 46.8. The summed E-state index contributed by atoms with van der Waals surface area (Å²) >= 11 is 0. The van der Waals surface area contributed by atoms with E-state index in [2.05, 4.69) is 19.1 Å². The molecule has 0 fully saturated rings. The molecule has 0 aliphatic heterocycles. The normalized spacial score (nSPS) is 11.7. The molecule has 0 spiro atoms. The summed E-state index contributed by atoms with van der Waals surface area (Å²) in [6, 6.07) is 0. The molecule has 0 aromatic rings. The van der Waals surface area contributed by atoms with Gasteiger partial charge in [0, 0.05) is 6.61 Å². The highest BCUT2D eigenvalue weighted by Crippen LogP contribution is 2.10. The lowest BCUT2D eigenvalue weighted by atomic mass is 10.1. The Morgan fingerprint density at radius 3 is 0.940 bits per heavy atom. The van der Waals surface area contributed by atoms with Crippen LogP contribution in [0.2, 0.25) is 0 Å². The fraction of sp³-hybridized carbons (Fsp3) is 0.921. The number of aliphatic carboxylic acids is 1. The Morgan fingerprint density at radius 1 is 0.360 bits per heavy atom. The van der Waals surface area contributed by atoms with Crippen LogP contribution in [-0.4, -0.2) is 143 Å². The monoisotopic (exact) mass is 723 g/mol. The predicted molar refractivity (Wildman–Crippen MR) is 195 cm³/mol. The van der Waals surface area contributed by atoms with E-state index in [1.807, 2.05) is 0 Å². The van der Waals surface area contributed by atoms with E-state index in [-0.39, 0.29) is 13.2 Å². The fourth-order valence-corrected chi connectivity index (χ4v) is 4.59. The summed E-state index contributed by atoms with van der Waals surface area (Å²) in [6.07, 6.45) is 23.2. The first-order valence-corrected chi connectivity index (χ1v) is 19.4. The standard InChI is InChI=1S/C38H74O12/c1-2-3-4-5-6-7-8-9-10-11-12-13-14-15-16-17-18-41-19-20-42-21-22-43-23-24-44-25-26-45-27-28-46-29-30-47-31-32-48-33-34-49-35-36-50-37-38(39)40/h9-10H,2-8,11-37H2,1H3,(H,39,40)/b10-9-. The molecule has 0 bridgehead atoms. The molecule has 0 aliphatic carbocycles. The number of carboxylic acid groups (broad SMARTS) is 1. The van der Waals surface area contributed by atoms with Gasteiger partial charge in [0.2, 0.25) is 0 Å². The number of carboxylic acids is 1. The third-order valence-corrected chi connectivity index (χ3v) is 7.37. The van der Waals surface area contributed by atoms with Crippen LogP contribution in [0.5, 0.6) is 0 Å². The number of allylic oxidation sites excluding steroid dienone is 2. The van der Waals surface area contributed by atoms with E-state index in [1.54, 1.807) is 0 Å². The number of rotatable bonds is 45. The van der Waals surface area contributed by atoms with Crippen molar-refractivity contribution in [1.82, 2.24) is 0 Å². The van der Waals surface area contributed by atoms with Crippen molar-refractivity contribution < 1.29 is 57.3 Å². The zero-order valence-corrected chi connectivity index (χ0v) is 31.6. The summed E-state index contributed by atoms with van der Waals surface area (Å²) < 4.78 is 54.1. The van der Waals surface area contributed by atoms with E-state index in [0.29, 0.717) is 112 Å². The molecule has 0 amide bonds. The molecule has 0 aromatic carbocycles. The van der Waals surface area contributed by atoms with Gasteiger partial charge in [-0.25, -0.2) is 4.79 Å². The molecule has 1 N–H and O–H groups in total. The quantitative estimate of drug-likeness (QED) is 0.0562. The number of unbranched alkanes of at least 4 members (excludes halogenated alkanes) is 12. The summed E-state index contributed by atoms with van der Waals surface area (Å²) in [4.78, 5) is 10.3. The molecule has 0 atom stereocenters. The van der Waals surface area contributed by atoms with E-state index in [4.69, 9.17) is 52.5 Å². The highest BCUT2D eigenvalue weighted by Gasteiger charge is 1.98. The van der Waals surface area contributed by atoms with Crippen LogP contribution in [0.1, 0.15) is 96.8 Å². The molecule has 0 aromatic heterocycles. The molecule has 0 saturated carbocycles. The molecule has 0 rings (SSSR count). The van der Waals surface area contributed by atoms with Gasteiger partial charge in [-0.15, -0.1) is 0 Å². The summed E-state index contributed by atoms with van der Waals surface area (Å²) in [5, 5.41) is 8.43. The lowest BCUT2D eigenvalue weighted by Gasteiger charge is -2.09. The van der Waals surface area contributed by atoms with Crippen molar-refractivity contribution in [2.45, 2.75) is 96.8 Å². The molecule has 0 aliphatic rings. The van der Waals surface area contributed by atoms with Crippen LogP contribution in [0.4, 0.5) is 0 Å². The van der Waals surface area contributed by atoms with Gasteiger partial charge in [-0.05, 0) is 32.1 Å². The van der Waals surface area contributed by atoms with Crippen LogP contribution in [0, 0.1) is 0 Å². The third-order valence-electron chi connectivity index (χ3n) is 7.37. The number of hydrogen-bond donors (Lipinski definition) is 1. The fourth-order valence-electron chi connectivity index (χ4n) is 4.59. The second kappa shape index (κ2) is 45.8. The Bertz CT molecular complexity index is 668. The first-order chi connectivity index (χ1) is 24.8. The molecule has 0 heterocycles. The first kappa shape index (κ1) is 48.8. The maximum atomic E-state index is 10.3. The SMILES string of the molecule is CCCCCCCC/C=C\CCCCCCCCOCCOCCOCCOCCOCCOCCOCCOCCOCCOCC(=O)O. The molecule has 12 heteroatoms. The van der Waals surface area contributed by atoms with Gasteiger partial charge in [-0.1, -0.05) is 76.9 Å². The van der Waals surface area contributed by atoms with Gasteiger partial charge in [-0.3, -0.25) is 0 Å². The molecule has 12 nitrogen and oxygen atoms in total. The smallest absolute Gasteiger partial charge is 0.329 e. The average molecular weight is 723 g/mol.